The van der Waals surface area contributed by atoms with Gasteiger partial charge < -0.3 is 16.2 Å². The summed E-state index contributed by atoms with van der Waals surface area (Å²) in [7, 11) is -3.00. The molecule has 0 aromatic heterocycles. The van der Waals surface area contributed by atoms with Crippen LogP contribution in [0.15, 0.2) is 0 Å². The van der Waals surface area contributed by atoms with Crippen LogP contribution in [0.5, 0.6) is 0 Å². The molecule has 0 aliphatic carbocycles. The number of carboxylic acid groups (broad SMARTS) is 1. The summed E-state index contributed by atoms with van der Waals surface area (Å²) in [5.41, 5.74) is 4.88. The van der Waals surface area contributed by atoms with Crippen molar-refractivity contribution < 1.29 is 27.9 Å². The van der Waals surface area contributed by atoms with E-state index in [1.807, 2.05) is 0 Å². The Kier molecular flexibility index (Phi) is 5.81. The molecule has 114 valence electrons. The Hall–Kier alpha value is -1.29. The topological polar surface area (TPSA) is 144 Å². The van der Waals surface area contributed by atoms with E-state index in [0.29, 0.717) is 6.42 Å². The number of carbonyl (C=O) groups is 3. The molecule has 4 N–H and O–H groups in total. The van der Waals surface area contributed by atoms with Crippen molar-refractivity contribution in [2.45, 2.75) is 24.1 Å². The number of carboxylic acids is 1. The first-order chi connectivity index (χ1) is 9.19. The van der Waals surface area contributed by atoms with Gasteiger partial charge in [-0.3, -0.25) is 9.59 Å². The highest BCUT2D eigenvalue weighted by molar-refractivity contribution is 8.02. The van der Waals surface area contributed by atoms with E-state index in [1.165, 1.54) is 11.8 Å². The van der Waals surface area contributed by atoms with Crippen LogP contribution in [0.2, 0.25) is 0 Å². The predicted molar refractivity (Wildman–Crippen MR) is 72.9 cm³/mol. The highest BCUT2D eigenvalue weighted by Gasteiger charge is 2.29. The lowest BCUT2D eigenvalue weighted by Crippen LogP contribution is -2.44. The van der Waals surface area contributed by atoms with Crippen LogP contribution in [0.1, 0.15) is 12.8 Å². The Labute approximate surface area is 120 Å². The maximum Gasteiger partial charge on any atom is 0.326 e. The Morgan fingerprint density at radius 3 is 2.50 bits per heavy atom. The highest BCUT2D eigenvalue weighted by Crippen LogP contribution is 2.23. The number of sulfone groups is 1. The number of hydrogen-bond donors (Lipinski definition) is 3. The molecule has 0 radical (unpaired) electrons. The van der Waals surface area contributed by atoms with Crippen LogP contribution >= 0.6 is 11.8 Å². The van der Waals surface area contributed by atoms with Crippen molar-refractivity contribution in [3.8, 4) is 0 Å². The normalized spacial score (nSPS) is 22.1. The Morgan fingerprint density at radius 2 is 2.05 bits per heavy atom. The zero-order valence-corrected chi connectivity index (χ0v) is 12.2. The van der Waals surface area contributed by atoms with Gasteiger partial charge in [0.05, 0.1) is 23.7 Å². The molecule has 1 saturated heterocycles. The minimum atomic E-state index is -3.00. The third kappa shape index (κ3) is 5.78. The van der Waals surface area contributed by atoms with Gasteiger partial charge in [0.15, 0.2) is 9.84 Å². The summed E-state index contributed by atoms with van der Waals surface area (Å²) in [4.78, 5) is 33.0. The smallest absolute Gasteiger partial charge is 0.326 e. The molecule has 1 rings (SSSR count). The molecule has 0 aromatic rings. The van der Waals surface area contributed by atoms with E-state index >= 15 is 0 Å². The second kappa shape index (κ2) is 6.93. The molecule has 1 heterocycles. The van der Waals surface area contributed by atoms with Crippen LogP contribution in [-0.4, -0.2) is 59.9 Å². The molecular weight excluding hydrogens is 308 g/mol. The molecular formula is C10H16N2O6S2. The number of carbonyl (C=O) groups excluding carboxylic acids is 2. The van der Waals surface area contributed by atoms with Crippen molar-refractivity contribution in [2.75, 3.05) is 17.3 Å². The molecule has 1 aliphatic heterocycles. The van der Waals surface area contributed by atoms with Gasteiger partial charge >= 0.3 is 5.97 Å². The molecule has 1 fully saturated rings. The van der Waals surface area contributed by atoms with E-state index in [9.17, 15) is 22.8 Å². The third-order valence-corrected chi connectivity index (χ3v) is 5.96. The van der Waals surface area contributed by atoms with Crippen LogP contribution in [-0.2, 0) is 24.2 Å². The number of nitrogens with one attached hydrogen (secondary N) is 1. The Morgan fingerprint density at radius 1 is 1.40 bits per heavy atom. The van der Waals surface area contributed by atoms with E-state index in [-0.39, 0.29) is 22.5 Å². The van der Waals surface area contributed by atoms with Gasteiger partial charge in [-0.2, -0.15) is 0 Å². The molecule has 0 bridgehead atoms. The molecule has 1 aliphatic rings. The van der Waals surface area contributed by atoms with Crippen molar-refractivity contribution in [3.05, 3.63) is 0 Å². The summed E-state index contributed by atoms with van der Waals surface area (Å²) in [6.07, 6.45) is 0.00741. The number of nitrogens with two attached hydrogens (primary N) is 1. The zero-order valence-electron chi connectivity index (χ0n) is 10.6. The molecule has 2 atom stereocenters. The SMILES string of the molecule is NC(=O)C[C@H](NC(=O)CSC1CCS(=O)(=O)C1)C(=O)O. The minimum Gasteiger partial charge on any atom is -0.480 e. The van der Waals surface area contributed by atoms with E-state index in [2.05, 4.69) is 5.32 Å². The van der Waals surface area contributed by atoms with Crippen molar-refractivity contribution in [1.29, 1.82) is 0 Å². The van der Waals surface area contributed by atoms with Gasteiger partial charge in [-0.1, -0.05) is 0 Å². The predicted octanol–water partition coefficient (Wildman–Crippen LogP) is -1.65. The second-order valence-electron chi connectivity index (χ2n) is 4.46. The van der Waals surface area contributed by atoms with Gasteiger partial charge in [0, 0.05) is 5.25 Å². The number of primary amides is 1. The van der Waals surface area contributed by atoms with E-state index < -0.39 is 40.1 Å². The molecule has 10 heteroatoms. The molecule has 8 nitrogen and oxygen atoms in total. The Bertz CT molecular complexity index is 504. The van der Waals surface area contributed by atoms with Crippen molar-refractivity contribution in [1.82, 2.24) is 5.32 Å². The van der Waals surface area contributed by atoms with E-state index in [1.54, 1.807) is 0 Å². The number of amides is 2. The van der Waals surface area contributed by atoms with Crippen molar-refractivity contribution in [2.24, 2.45) is 5.73 Å². The fourth-order valence-corrected chi connectivity index (χ4v) is 5.18. The molecule has 0 aromatic carbocycles. The van der Waals surface area contributed by atoms with Gasteiger partial charge in [0.1, 0.15) is 6.04 Å². The summed E-state index contributed by atoms with van der Waals surface area (Å²) in [5, 5.41) is 10.8. The minimum absolute atomic E-state index is 0.0363. The zero-order chi connectivity index (χ0) is 15.3. The monoisotopic (exact) mass is 324 g/mol. The standard InChI is InChI=1S/C10H16N2O6S2/c11-8(13)3-7(10(15)16)12-9(14)4-19-6-1-2-20(17,18)5-6/h6-7H,1-5H2,(H2,11,13)(H,12,14)(H,15,16)/t6?,7-/m0/s1. The van der Waals surface area contributed by atoms with Crippen LogP contribution in [0.25, 0.3) is 0 Å². The summed E-state index contributed by atoms with van der Waals surface area (Å²) >= 11 is 1.17. The summed E-state index contributed by atoms with van der Waals surface area (Å²) in [6, 6.07) is -1.35. The Balaban J connectivity index is 2.39. The third-order valence-electron chi connectivity index (χ3n) is 2.68. The van der Waals surface area contributed by atoms with Gasteiger partial charge in [0.25, 0.3) is 0 Å². The number of rotatable bonds is 7. The fraction of sp³-hybridized carbons (Fsp3) is 0.700. The molecule has 0 saturated carbocycles. The van der Waals surface area contributed by atoms with Crippen LogP contribution in [0.4, 0.5) is 0 Å². The molecule has 1 unspecified atom stereocenters. The fourth-order valence-electron chi connectivity index (χ4n) is 1.72. The van der Waals surface area contributed by atoms with Crippen molar-refractivity contribution >= 4 is 39.4 Å². The van der Waals surface area contributed by atoms with E-state index in [4.69, 9.17) is 10.8 Å². The summed E-state index contributed by atoms with van der Waals surface area (Å²) in [5.74, 6) is -2.63. The first-order valence-corrected chi connectivity index (χ1v) is 8.69. The lowest BCUT2D eigenvalue weighted by Gasteiger charge is -2.13. The summed E-state index contributed by atoms with van der Waals surface area (Å²) in [6.45, 7) is 0. The van der Waals surface area contributed by atoms with Gasteiger partial charge in [-0.15, -0.1) is 11.8 Å². The van der Waals surface area contributed by atoms with Crippen molar-refractivity contribution in [3.63, 3.8) is 0 Å². The second-order valence-corrected chi connectivity index (χ2v) is 7.98. The average molecular weight is 324 g/mol. The first kappa shape index (κ1) is 16.8. The summed E-state index contributed by atoms with van der Waals surface area (Å²) < 4.78 is 22.5. The molecule has 20 heavy (non-hydrogen) atoms. The first-order valence-electron chi connectivity index (χ1n) is 5.82. The lowest BCUT2D eigenvalue weighted by atomic mass is 10.2. The largest absolute Gasteiger partial charge is 0.480 e. The van der Waals surface area contributed by atoms with Gasteiger partial charge in [-0.25, -0.2) is 13.2 Å². The maximum absolute atomic E-state index is 11.6. The highest BCUT2D eigenvalue weighted by atomic mass is 32.2. The van der Waals surface area contributed by atoms with Crippen LogP contribution in [0, 0.1) is 0 Å². The average Bonchev–Trinajstić information content (AvgIpc) is 2.65. The van der Waals surface area contributed by atoms with E-state index in [0.717, 1.165) is 0 Å². The lowest BCUT2D eigenvalue weighted by molar-refractivity contribution is -0.143. The number of aliphatic carboxylic acids is 1. The maximum atomic E-state index is 11.6. The number of hydrogen-bond acceptors (Lipinski definition) is 6. The van der Waals surface area contributed by atoms with Gasteiger partial charge in [0.2, 0.25) is 11.8 Å². The van der Waals surface area contributed by atoms with Crippen LogP contribution in [0.3, 0.4) is 0 Å². The molecule has 0 spiro atoms. The number of thioether (sulfide) groups is 1. The van der Waals surface area contributed by atoms with Gasteiger partial charge in [-0.05, 0) is 6.42 Å². The quantitative estimate of drug-likeness (QED) is 0.509. The van der Waals surface area contributed by atoms with Crippen LogP contribution < -0.4 is 11.1 Å². The molecule has 2 amide bonds.